The summed E-state index contributed by atoms with van der Waals surface area (Å²) in [6.45, 7) is 1.03. The van der Waals surface area contributed by atoms with Gasteiger partial charge in [-0.3, -0.25) is 4.79 Å². The zero-order valence-corrected chi connectivity index (χ0v) is 12.1. The molecule has 0 radical (unpaired) electrons. The second-order valence-corrected chi connectivity index (χ2v) is 5.44. The van der Waals surface area contributed by atoms with Gasteiger partial charge in [-0.2, -0.15) is 0 Å². The predicted octanol–water partition coefficient (Wildman–Crippen LogP) is 3.14. The van der Waals surface area contributed by atoms with Gasteiger partial charge in [0.05, 0.1) is 0 Å². The minimum atomic E-state index is -1.25. The Morgan fingerprint density at radius 3 is 2.41 bits per heavy atom. The SMILES string of the molecule is O=C(O)OC1CCN(C(=O)c2ccc3ccccc3c2)CC1. The van der Waals surface area contributed by atoms with Crippen LogP contribution in [0.4, 0.5) is 4.79 Å². The second kappa shape index (κ2) is 6.05. The van der Waals surface area contributed by atoms with Crippen molar-refractivity contribution >= 4 is 22.8 Å². The van der Waals surface area contributed by atoms with Gasteiger partial charge in [-0.25, -0.2) is 4.79 Å². The number of amides is 1. The Kier molecular flexibility index (Phi) is 3.96. The molecule has 1 aliphatic rings. The number of carbonyl (C=O) groups excluding carboxylic acids is 1. The fraction of sp³-hybridized carbons (Fsp3) is 0.294. The lowest BCUT2D eigenvalue weighted by atomic mass is 10.0. The summed E-state index contributed by atoms with van der Waals surface area (Å²) in [6, 6.07) is 13.6. The Morgan fingerprint density at radius 2 is 1.73 bits per heavy atom. The molecule has 1 saturated heterocycles. The summed E-state index contributed by atoms with van der Waals surface area (Å²) in [5, 5.41) is 10.8. The fourth-order valence-electron chi connectivity index (χ4n) is 2.82. The van der Waals surface area contributed by atoms with Crippen LogP contribution in [-0.2, 0) is 4.74 Å². The Morgan fingerprint density at radius 1 is 1.05 bits per heavy atom. The molecule has 2 aromatic carbocycles. The van der Waals surface area contributed by atoms with Gasteiger partial charge in [0.25, 0.3) is 5.91 Å². The van der Waals surface area contributed by atoms with E-state index in [2.05, 4.69) is 0 Å². The van der Waals surface area contributed by atoms with Crippen molar-refractivity contribution in [1.29, 1.82) is 0 Å². The summed E-state index contributed by atoms with van der Waals surface area (Å²) in [6.07, 6.45) is -0.463. The molecule has 0 saturated carbocycles. The number of carboxylic acid groups (broad SMARTS) is 1. The molecular weight excluding hydrogens is 282 g/mol. The lowest BCUT2D eigenvalue weighted by Gasteiger charge is -2.31. The molecule has 3 rings (SSSR count). The Hall–Kier alpha value is -2.56. The van der Waals surface area contributed by atoms with Crippen LogP contribution in [-0.4, -0.2) is 41.3 Å². The number of fused-ring (bicyclic) bond motifs is 1. The first-order valence-electron chi connectivity index (χ1n) is 7.31. The molecule has 1 N–H and O–H groups in total. The van der Waals surface area contributed by atoms with Crippen molar-refractivity contribution in [3.63, 3.8) is 0 Å². The molecule has 0 aromatic heterocycles. The molecule has 1 aliphatic heterocycles. The molecule has 5 heteroatoms. The summed E-state index contributed by atoms with van der Waals surface area (Å²) >= 11 is 0. The third-order valence-electron chi connectivity index (χ3n) is 3.99. The van der Waals surface area contributed by atoms with E-state index in [1.54, 1.807) is 4.90 Å². The number of ether oxygens (including phenoxy) is 1. The molecular formula is C17H17NO4. The van der Waals surface area contributed by atoms with Gasteiger partial charge in [0.2, 0.25) is 0 Å². The van der Waals surface area contributed by atoms with Crippen LogP contribution in [0.1, 0.15) is 23.2 Å². The van der Waals surface area contributed by atoms with Gasteiger partial charge in [0.1, 0.15) is 6.10 Å². The van der Waals surface area contributed by atoms with Crippen LogP contribution >= 0.6 is 0 Å². The molecule has 22 heavy (non-hydrogen) atoms. The van der Waals surface area contributed by atoms with Crippen molar-refractivity contribution in [2.24, 2.45) is 0 Å². The van der Waals surface area contributed by atoms with Crippen LogP contribution in [0.5, 0.6) is 0 Å². The first-order valence-corrected chi connectivity index (χ1v) is 7.31. The number of likely N-dealkylation sites (tertiary alicyclic amines) is 1. The molecule has 0 unspecified atom stereocenters. The topological polar surface area (TPSA) is 66.8 Å². The standard InChI is InChI=1S/C17H17NO4/c19-16(18-9-7-15(8-10-18)22-17(20)21)14-6-5-12-3-1-2-4-13(12)11-14/h1-6,11,15H,7-10H2,(H,20,21). The first-order chi connectivity index (χ1) is 10.6. The zero-order chi connectivity index (χ0) is 15.5. The number of carbonyl (C=O) groups is 2. The summed E-state index contributed by atoms with van der Waals surface area (Å²) in [7, 11) is 0. The maximum atomic E-state index is 12.5. The van der Waals surface area contributed by atoms with Gasteiger partial charge in [-0.05, 0) is 22.9 Å². The van der Waals surface area contributed by atoms with Crippen molar-refractivity contribution in [2.75, 3.05) is 13.1 Å². The van der Waals surface area contributed by atoms with E-state index in [4.69, 9.17) is 9.84 Å². The normalized spacial score (nSPS) is 15.7. The summed E-state index contributed by atoms with van der Waals surface area (Å²) in [5.41, 5.74) is 0.663. The zero-order valence-electron chi connectivity index (χ0n) is 12.1. The largest absolute Gasteiger partial charge is 0.506 e. The van der Waals surface area contributed by atoms with Gasteiger partial charge in [0, 0.05) is 31.5 Å². The van der Waals surface area contributed by atoms with Crippen molar-refractivity contribution in [1.82, 2.24) is 4.90 Å². The monoisotopic (exact) mass is 299 g/mol. The summed E-state index contributed by atoms with van der Waals surface area (Å²) in [4.78, 5) is 24.8. The Labute approximate surface area is 128 Å². The highest BCUT2D eigenvalue weighted by Gasteiger charge is 2.25. The number of benzene rings is 2. The van der Waals surface area contributed by atoms with Crippen LogP contribution in [0.2, 0.25) is 0 Å². The van der Waals surface area contributed by atoms with Crippen molar-refractivity contribution < 1.29 is 19.4 Å². The highest BCUT2D eigenvalue weighted by atomic mass is 16.7. The third kappa shape index (κ3) is 3.03. The number of hydrogen-bond acceptors (Lipinski definition) is 3. The van der Waals surface area contributed by atoms with E-state index in [1.807, 2.05) is 42.5 Å². The van der Waals surface area contributed by atoms with Gasteiger partial charge in [-0.15, -0.1) is 0 Å². The Balaban J connectivity index is 1.69. The smallest absolute Gasteiger partial charge is 0.450 e. The molecule has 1 heterocycles. The van der Waals surface area contributed by atoms with Crippen LogP contribution in [0, 0.1) is 0 Å². The first kappa shape index (κ1) is 14.4. The summed E-state index contributed by atoms with van der Waals surface area (Å²) < 4.78 is 4.76. The van der Waals surface area contributed by atoms with Crippen LogP contribution in [0.15, 0.2) is 42.5 Å². The van der Waals surface area contributed by atoms with E-state index in [-0.39, 0.29) is 12.0 Å². The highest BCUT2D eigenvalue weighted by molar-refractivity contribution is 5.98. The molecule has 2 aromatic rings. The van der Waals surface area contributed by atoms with Crippen LogP contribution < -0.4 is 0 Å². The predicted molar refractivity (Wildman–Crippen MR) is 82.0 cm³/mol. The van der Waals surface area contributed by atoms with Crippen molar-refractivity contribution in [2.45, 2.75) is 18.9 Å². The van der Waals surface area contributed by atoms with E-state index < -0.39 is 6.16 Å². The van der Waals surface area contributed by atoms with E-state index in [9.17, 15) is 9.59 Å². The van der Waals surface area contributed by atoms with Crippen molar-refractivity contribution in [3.8, 4) is 0 Å². The van der Waals surface area contributed by atoms with Crippen LogP contribution in [0.3, 0.4) is 0 Å². The minimum Gasteiger partial charge on any atom is -0.450 e. The fourth-order valence-corrected chi connectivity index (χ4v) is 2.82. The number of nitrogens with zero attached hydrogens (tertiary/aromatic N) is 1. The molecule has 0 bridgehead atoms. The minimum absolute atomic E-state index is 0.0143. The molecule has 0 atom stereocenters. The van der Waals surface area contributed by atoms with Gasteiger partial charge in [-0.1, -0.05) is 30.3 Å². The van der Waals surface area contributed by atoms with Crippen molar-refractivity contribution in [3.05, 3.63) is 48.0 Å². The average molecular weight is 299 g/mol. The quantitative estimate of drug-likeness (QED) is 0.865. The molecule has 1 fully saturated rings. The number of rotatable bonds is 2. The maximum absolute atomic E-state index is 12.5. The molecule has 5 nitrogen and oxygen atoms in total. The molecule has 0 spiro atoms. The lowest BCUT2D eigenvalue weighted by molar-refractivity contribution is 0.0199. The van der Waals surface area contributed by atoms with E-state index >= 15 is 0 Å². The van der Waals surface area contributed by atoms with E-state index in [0.29, 0.717) is 31.5 Å². The second-order valence-electron chi connectivity index (χ2n) is 5.44. The number of piperidine rings is 1. The third-order valence-corrected chi connectivity index (χ3v) is 3.99. The van der Waals surface area contributed by atoms with Gasteiger partial charge < -0.3 is 14.7 Å². The Bertz CT molecular complexity index is 705. The molecule has 0 aliphatic carbocycles. The summed E-state index contributed by atoms with van der Waals surface area (Å²) in [5.74, 6) is -0.0143. The van der Waals surface area contributed by atoms with E-state index in [0.717, 1.165) is 10.8 Å². The highest BCUT2D eigenvalue weighted by Crippen LogP contribution is 2.20. The average Bonchev–Trinajstić information content (AvgIpc) is 2.54. The number of hydrogen-bond donors (Lipinski definition) is 1. The van der Waals surface area contributed by atoms with Crippen LogP contribution in [0.25, 0.3) is 10.8 Å². The van der Waals surface area contributed by atoms with Gasteiger partial charge in [0.15, 0.2) is 0 Å². The lowest BCUT2D eigenvalue weighted by Crippen LogP contribution is -2.41. The molecule has 114 valence electrons. The van der Waals surface area contributed by atoms with E-state index in [1.165, 1.54) is 0 Å². The maximum Gasteiger partial charge on any atom is 0.506 e. The molecule has 1 amide bonds. The van der Waals surface area contributed by atoms with Gasteiger partial charge >= 0.3 is 6.16 Å².